The van der Waals surface area contributed by atoms with Crippen LogP contribution in [-0.4, -0.2) is 48.2 Å². The van der Waals surface area contributed by atoms with Gasteiger partial charge in [-0.2, -0.15) is 0 Å². The van der Waals surface area contributed by atoms with Gasteiger partial charge in [0, 0.05) is 13.1 Å². The molecule has 7 heteroatoms. The third kappa shape index (κ3) is 3.99. The van der Waals surface area contributed by atoms with Gasteiger partial charge in [0.2, 0.25) is 5.91 Å². The van der Waals surface area contributed by atoms with Crippen LogP contribution < -0.4 is 17.2 Å². The van der Waals surface area contributed by atoms with Gasteiger partial charge in [-0.25, -0.2) is 0 Å². The fourth-order valence-electron chi connectivity index (χ4n) is 2.06. The average molecular weight is 255 g/mol. The number of likely N-dealkylation sites (tertiary alicyclic amines) is 1. The zero-order valence-corrected chi connectivity index (χ0v) is 10.4. The van der Waals surface area contributed by atoms with E-state index >= 15 is 0 Å². The number of carbonyl (C=O) groups is 2. The minimum absolute atomic E-state index is 0.0375. The molecule has 0 unspecified atom stereocenters. The summed E-state index contributed by atoms with van der Waals surface area (Å²) in [5.41, 5.74) is 16.2. The second-order valence-electron chi connectivity index (χ2n) is 4.43. The Kier molecular flexibility index (Phi) is 5.57. The Morgan fingerprint density at radius 1 is 1.50 bits per heavy atom. The van der Waals surface area contributed by atoms with Crippen LogP contribution in [0.2, 0.25) is 0 Å². The SMILES string of the molecule is NC(N)=NCCC[C@H](N)C(=O)N1CCC[C@H]1C=O. The molecule has 1 amide bonds. The van der Waals surface area contributed by atoms with Gasteiger partial charge in [-0.3, -0.25) is 9.79 Å². The highest BCUT2D eigenvalue weighted by Gasteiger charge is 2.30. The van der Waals surface area contributed by atoms with E-state index in [4.69, 9.17) is 17.2 Å². The first-order chi connectivity index (χ1) is 8.56. The number of carbonyl (C=O) groups excluding carboxylic acids is 2. The standard InChI is InChI=1S/C11H21N5O2/c12-9(4-1-5-15-11(13)14)10(18)16-6-2-3-8(16)7-17/h7-9H,1-6,12H2,(H4,13,14,15)/t8-,9-/m0/s1. The first-order valence-electron chi connectivity index (χ1n) is 6.13. The largest absolute Gasteiger partial charge is 0.370 e. The summed E-state index contributed by atoms with van der Waals surface area (Å²) in [5.74, 6) is -0.121. The van der Waals surface area contributed by atoms with E-state index < -0.39 is 6.04 Å². The maximum atomic E-state index is 12.0. The lowest BCUT2D eigenvalue weighted by Gasteiger charge is -2.23. The molecule has 7 nitrogen and oxygen atoms in total. The molecule has 0 aliphatic carbocycles. The van der Waals surface area contributed by atoms with Gasteiger partial charge in [-0.05, 0) is 25.7 Å². The molecule has 1 aliphatic rings. The monoisotopic (exact) mass is 255 g/mol. The maximum Gasteiger partial charge on any atom is 0.240 e. The molecule has 0 radical (unpaired) electrons. The van der Waals surface area contributed by atoms with E-state index in [0.717, 1.165) is 19.1 Å². The molecule has 0 aromatic rings. The van der Waals surface area contributed by atoms with Crippen LogP contribution in [0, 0.1) is 0 Å². The van der Waals surface area contributed by atoms with Crippen LogP contribution >= 0.6 is 0 Å². The van der Waals surface area contributed by atoms with E-state index in [0.29, 0.717) is 25.9 Å². The van der Waals surface area contributed by atoms with E-state index in [1.54, 1.807) is 4.90 Å². The Labute approximate surface area is 106 Å². The van der Waals surface area contributed by atoms with Crippen LogP contribution in [0.5, 0.6) is 0 Å². The molecule has 18 heavy (non-hydrogen) atoms. The van der Waals surface area contributed by atoms with Crippen LogP contribution in [0.4, 0.5) is 0 Å². The molecule has 0 bridgehead atoms. The Balaban J connectivity index is 2.36. The quantitative estimate of drug-likeness (QED) is 0.232. The number of aldehydes is 1. The zero-order valence-electron chi connectivity index (χ0n) is 10.4. The predicted octanol–water partition coefficient (Wildman–Crippen LogP) is -1.44. The molecule has 1 fully saturated rings. The smallest absolute Gasteiger partial charge is 0.240 e. The van der Waals surface area contributed by atoms with Gasteiger partial charge in [0.05, 0.1) is 12.1 Å². The third-order valence-electron chi connectivity index (χ3n) is 3.02. The minimum Gasteiger partial charge on any atom is -0.370 e. The molecular formula is C11H21N5O2. The summed E-state index contributed by atoms with van der Waals surface area (Å²) >= 11 is 0. The maximum absolute atomic E-state index is 12.0. The number of nitrogens with zero attached hydrogens (tertiary/aromatic N) is 2. The van der Waals surface area contributed by atoms with Crippen molar-refractivity contribution in [1.82, 2.24) is 4.90 Å². The summed E-state index contributed by atoms with van der Waals surface area (Å²) < 4.78 is 0. The topological polar surface area (TPSA) is 128 Å². The number of nitrogens with two attached hydrogens (primary N) is 3. The van der Waals surface area contributed by atoms with Gasteiger partial charge in [0.1, 0.15) is 6.29 Å². The molecular weight excluding hydrogens is 234 g/mol. The Hall–Kier alpha value is -1.63. The first-order valence-corrected chi connectivity index (χ1v) is 6.13. The van der Waals surface area contributed by atoms with Gasteiger partial charge < -0.3 is 26.9 Å². The highest BCUT2D eigenvalue weighted by molar-refractivity contribution is 5.84. The molecule has 2 atom stereocenters. The summed E-state index contributed by atoms with van der Waals surface area (Å²) in [6.45, 7) is 1.07. The molecule has 1 heterocycles. The molecule has 1 saturated heterocycles. The number of guanidine groups is 1. The van der Waals surface area contributed by atoms with Crippen LogP contribution in [-0.2, 0) is 9.59 Å². The van der Waals surface area contributed by atoms with E-state index in [9.17, 15) is 9.59 Å². The van der Waals surface area contributed by atoms with Crippen molar-refractivity contribution < 1.29 is 9.59 Å². The van der Waals surface area contributed by atoms with Crippen molar-refractivity contribution in [2.75, 3.05) is 13.1 Å². The van der Waals surface area contributed by atoms with Crippen LogP contribution in [0.15, 0.2) is 4.99 Å². The minimum atomic E-state index is -0.584. The summed E-state index contributed by atoms with van der Waals surface area (Å²) in [6.07, 6.45) is 3.56. The highest BCUT2D eigenvalue weighted by Crippen LogP contribution is 2.16. The molecule has 102 valence electrons. The Bertz CT molecular complexity index is 327. The molecule has 1 rings (SSSR count). The first kappa shape index (κ1) is 14.4. The van der Waals surface area contributed by atoms with E-state index in [1.165, 1.54) is 0 Å². The summed E-state index contributed by atoms with van der Waals surface area (Å²) in [5, 5.41) is 0. The number of hydrogen-bond donors (Lipinski definition) is 3. The van der Waals surface area contributed by atoms with Crippen molar-refractivity contribution in [3.8, 4) is 0 Å². The van der Waals surface area contributed by atoms with Crippen molar-refractivity contribution in [2.45, 2.75) is 37.8 Å². The van der Waals surface area contributed by atoms with E-state index in [2.05, 4.69) is 4.99 Å². The van der Waals surface area contributed by atoms with Crippen LogP contribution in [0.1, 0.15) is 25.7 Å². The normalized spacial score (nSPS) is 20.5. The van der Waals surface area contributed by atoms with Crippen molar-refractivity contribution in [2.24, 2.45) is 22.2 Å². The number of amides is 1. The fraction of sp³-hybridized carbons (Fsp3) is 0.727. The zero-order chi connectivity index (χ0) is 13.5. The van der Waals surface area contributed by atoms with Gasteiger partial charge in [-0.15, -0.1) is 0 Å². The molecule has 0 saturated carbocycles. The molecule has 0 spiro atoms. The molecule has 1 aliphatic heterocycles. The molecule has 0 aromatic carbocycles. The molecule has 6 N–H and O–H groups in total. The number of hydrogen-bond acceptors (Lipinski definition) is 4. The van der Waals surface area contributed by atoms with Gasteiger partial charge in [0.25, 0.3) is 0 Å². The number of aliphatic imine (C=N–C) groups is 1. The van der Waals surface area contributed by atoms with E-state index in [1.807, 2.05) is 0 Å². The number of rotatable bonds is 6. The van der Waals surface area contributed by atoms with Crippen molar-refractivity contribution in [3.63, 3.8) is 0 Å². The van der Waals surface area contributed by atoms with Crippen molar-refractivity contribution >= 4 is 18.2 Å². The van der Waals surface area contributed by atoms with Crippen LogP contribution in [0.25, 0.3) is 0 Å². The summed E-state index contributed by atoms with van der Waals surface area (Å²) in [7, 11) is 0. The Morgan fingerprint density at radius 2 is 2.22 bits per heavy atom. The molecule has 0 aromatic heterocycles. The summed E-state index contributed by atoms with van der Waals surface area (Å²) in [4.78, 5) is 28.2. The fourth-order valence-corrected chi connectivity index (χ4v) is 2.06. The predicted molar refractivity (Wildman–Crippen MR) is 68.7 cm³/mol. The van der Waals surface area contributed by atoms with Crippen molar-refractivity contribution in [1.29, 1.82) is 0 Å². The average Bonchev–Trinajstić information content (AvgIpc) is 2.81. The lowest BCUT2D eigenvalue weighted by molar-refractivity contribution is -0.135. The Morgan fingerprint density at radius 3 is 2.83 bits per heavy atom. The van der Waals surface area contributed by atoms with Gasteiger partial charge in [-0.1, -0.05) is 0 Å². The third-order valence-corrected chi connectivity index (χ3v) is 3.02. The van der Waals surface area contributed by atoms with Gasteiger partial charge >= 0.3 is 0 Å². The lowest BCUT2D eigenvalue weighted by Crippen LogP contribution is -2.46. The van der Waals surface area contributed by atoms with Gasteiger partial charge in [0.15, 0.2) is 5.96 Å². The van der Waals surface area contributed by atoms with Crippen LogP contribution in [0.3, 0.4) is 0 Å². The second kappa shape index (κ2) is 6.95. The highest BCUT2D eigenvalue weighted by atomic mass is 16.2. The van der Waals surface area contributed by atoms with E-state index in [-0.39, 0.29) is 17.9 Å². The van der Waals surface area contributed by atoms with Crippen molar-refractivity contribution in [3.05, 3.63) is 0 Å². The second-order valence-corrected chi connectivity index (χ2v) is 4.43. The lowest BCUT2D eigenvalue weighted by atomic mass is 10.1. The summed E-state index contributed by atoms with van der Waals surface area (Å²) in [6, 6.07) is -0.888.